The number of anilines is 2. The van der Waals surface area contributed by atoms with Crippen LogP contribution in [-0.2, 0) is 0 Å². The minimum absolute atomic E-state index is 0.120. The van der Waals surface area contributed by atoms with E-state index in [0.29, 0.717) is 34.4 Å². The van der Waals surface area contributed by atoms with Crippen molar-refractivity contribution in [3.63, 3.8) is 0 Å². The van der Waals surface area contributed by atoms with Crippen LogP contribution in [0.15, 0.2) is 54.7 Å². The summed E-state index contributed by atoms with van der Waals surface area (Å²) in [5.74, 6) is 1.52. The van der Waals surface area contributed by atoms with Crippen molar-refractivity contribution in [2.45, 2.75) is 0 Å². The molecule has 2 aromatic heterocycles. The summed E-state index contributed by atoms with van der Waals surface area (Å²) in [6.07, 6.45) is 1.50. The van der Waals surface area contributed by atoms with E-state index in [1.54, 1.807) is 30.3 Å². The van der Waals surface area contributed by atoms with E-state index in [0.717, 1.165) is 5.52 Å². The number of amides is 1. The van der Waals surface area contributed by atoms with Crippen LogP contribution in [0.4, 0.5) is 17.3 Å². The number of pyridine rings is 1. The molecule has 0 saturated heterocycles. The molecule has 2 aromatic carbocycles. The predicted molar refractivity (Wildman–Crippen MR) is 116 cm³/mol. The number of quaternary nitrogens is 1. The lowest BCUT2D eigenvalue weighted by Gasteiger charge is -2.14. The van der Waals surface area contributed by atoms with Crippen molar-refractivity contribution in [2.24, 2.45) is 0 Å². The zero-order valence-corrected chi connectivity index (χ0v) is 17.2. The monoisotopic (exact) mass is 436 g/mol. The Morgan fingerprint density at radius 3 is 2.72 bits per heavy atom. The Kier molecular flexibility index (Phi) is 5.85. The molecule has 0 aliphatic heterocycles. The number of hydrogen-bond acceptors (Lipinski definition) is 8. The van der Waals surface area contributed by atoms with E-state index in [2.05, 4.69) is 25.6 Å². The van der Waals surface area contributed by atoms with Gasteiger partial charge in [-0.05, 0) is 24.3 Å². The molecular formula is C21H20N6O5. The molecule has 32 heavy (non-hydrogen) atoms. The Hall–Kier alpha value is -4.19. The van der Waals surface area contributed by atoms with Crippen LogP contribution in [0.2, 0.25) is 0 Å². The molecule has 2 heterocycles. The number of aromatic amines is 1. The average Bonchev–Trinajstić information content (AvgIpc) is 3.20. The molecule has 11 heteroatoms. The molecule has 4 rings (SSSR count). The maximum Gasteiger partial charge on any atom is 0.269 e. The van der Waals surface area contributed by atoms with Crippen LogP contribution in [0.5, 0.6) is 17.2 Å². The highest BCUT2D eigenvalue weighted by molar-refractivity contribution is 5.92. The summed E-state index contributed by atoms with van der Waals surface area (Å²) in [5.41, 5.74) is 2.34. The van der Waals surface area contributed by atoms with E-state index in [-0.39, 0.29) is 17.3 Å². The lowest BCUT2D eigenvalue weighted by Crippen LogP contribution is -2.99. The van der Waals surface area contributed by atoms with Gasteiger partial charge in [-0.2, -0.15) is 5.23 Å². The van der Waals surface area contributed by atoms with E-state index < -0.39 is 5.23 Å². The maximum absolute atomic E-state index is 11.8. The number of imidazole rings is 1. The van der Waals surface area contributed by atoms with Gasteiger partial charge >= 0.3 is 0 Å². The second kappa shape index (κ2) is 8.89. The molecule has 4 aromatic rings. The molecule has 0 spiro atoms. The molecule has 1 amide bonds. The van der Waals surface area contributed by atoms with Gasteiger partial charge in [0.05, 0.1) is 23.8 Å². The first kappa shape index (κ1) is 21.1. The van der Waals surface area contributed by atoms with Crippen molar-refractivity contribution >= 4 is 34.3 Å². The van der Waals surface area contributed by atoms with E-state index >= 15 is 0 Å². The Labute approximate surface area is 182 Å². The van der Waals surface area contributed by atoms with Gasteiger partial charge in [0.25, 0.3) is 5.91 Å². The Morgan fingerprint density at radius 2 is 1.97 bits per heavy atom. The zero-order valence-electron chi connectivity index (χ0n) is 17.2. The smallest absolute Gasteiger partial charge is 0.269 e. The Bertz CT molecular complexity index is 1270. The van der Waals surface area contributed by atoms with Crippen molar-refractivity contribution in [1.29, 1.82) is 0 Å². The standard InChI is InChI=1S/C21H20N6O5/c1-22-20(28)18-11-14(7-8-23-18)32-13-4-6-15-17(10-13)26-21(24-15)25-16-5-3-12(27(29)30)9-19(16)31-2/h3-11,27,29H,1-2H3,(H,22,28)(H2,24,25,26). The number of methoxy groups -OCH3 is 1. The number of hydrogen-bond donors (Lipinski definition) is 5. The first-order valence-electron chi connectivity index (χ1n) is 9.51. The first-order chi connectivity index (χ1) is 15.5. The number of ether oxygens (including phenoxy) is 2. The van der Waals surface area contributed by atoms with Gasteiger partial charge in [-0.15, -0.1) is 0 Å². The lowest BCUT2D eigenvalue weighted by molar-refractivity contribution is -0.991. The minimum Gasteiger partial charge on any atom is -0.595 e. The highest BCUT2D eigenvalue weighted by atomic mass is 16.8. The first-order valence-corrected chi connectivity index (χ1v) is 9.51. The van der Waals surface area contributed by atoms with Crippen LogP contribution < -0.4 is 25.3 Å². The van der Waals surface area contributed by atoms with Crippen LogP contribution in [-0.4, -0.2) is 40.2 Å². The number of nitrogens with zero attached hydrogens (tertiary/aromatic N) is 2. The normalized spacial score (nSPS) is 11.8. The molecule has 0 fully saturated rings. The number of aromatic nitrogens is 3. The number of nitrogens with one attached hydrogen (secondary N) is 4. The third kappa shape index (κ3) is 4.44. The third-order valence-corrected chi connectivity index (χ3v) is 4.58. The number of rotatable bonds is 7. The predicted octanol–water partition coefficient (Wildman–Crippen LogP) is 2.27. The fourth-order valence-electron chi connectivity index (χ4n) is 3.03. The second-order valence-corrected chi connectivity index (χ2v) is 6.67. The second-order valence-electron chi connectivity index (χ2n) is 6.67. The van der Waals surface area contributed by atoms with Gasteiger partial charge < -0.3 is 30.3 Å². The topological polar surface area (TPSA) is 149 Å². The molecular weight excluding hydrogens is 416 g/mol. The molecule has 164 valence electrons. The molecule has 0 bridgehead atoms. The summed E-state index contributed by atoms with van der Waals surface area (Å²) < 4.78 is 11.1. The highest BCUT2D eigenvalue weighted by Gasteiger charge is 2.12. The maximum atomic E-state index is 11.8. The third-order valence-electron chi connectivity index (χ3n) is 4.58. The number of benzene rings is 2. The van der Waals surface area contributed by atoms with Crippen LogP contribution in [0.25, 0.3) is 11.0 Å². The van der Waals surface area contributed by atoms with Crippen LogP contribution >= 0.6 is 0 Å². The fourth-order valence-corrected chi connectivity index (χ4v) is 3.03. The van der Waals surface area contributed by atoms with Crippen LogP contribution in [0.3, 0.4) is 0 Å². The molecule has 1 unspecified atom stereocenters. The number of fused-ring (bicyclic) bond motifs is 1. The molecule has 0 saturated carbocycles. The van der Waals surface area contributed by atoms with Crippen molar-refractivity contribution in [3.8, 4) is 17.2 Å². The molecule has 5 N–H and O–H groups in total. The van der Waals surface area contributed by atoms with Crippen LogP contribution in [0, 0.1) is 5.21 Å². The van der Waals surface area contributed by atoms with Gasteiger partial charge in [0, 0.05) is 37.5 Å². The summed E-state index contributed by atoms with van der Waals surface area (Å²) in [6, 6.07) is 13.1. The largest absolute Gasteiger partial charge is 0.595 e. The number of carbonyl (C=O) groups excluding carboxylic acids is 1. The SMILES string of the molecule is CNC(=O)c1cc(Oc2ccc3[nH]c(Nc4ccc([NH+]([O-])O)cc4OC)nc3c2)ccn1. The summed E-state index contributed by atoms with van der Waals surface area (Å²) in [7, 11) is 2.99. The van der Waals surface area contributed by atoms with Gasteiger partial charge in [-0.25, -0.2) is 10.2 Å². The Balaban J connectivity index is 1.56. The van der Waals surface area contributed by atoms with Gasteiger partial charge in [0.2, 0.25) is 5.95 Å². The summed E-state index contributed by atoms with van der Waals surface area (Å²) in [5, 5.41) is 24.9. The summed E-state index contributed by atoms with van der Waals surface area (Å²) in [6.45, 7) is 0. The lowest BCUT2D eigenvalue weighted by atomic mass is 10.2. The van der Waals surface area contributed by atoms with Gasteiger partial charge in [0.15, 0.2) is 5.69 Å². The summed E-state index contributed by atoms with van der Waals surface area (Å²) in [4.78, 5) is 23.4. The minimum atomic E-state index is -1.04. The van der Waals surface area contributed by atoms with Crippen LogP contribution in [0.1, 0.15) is 10.5 Å². The van der Waals surface area contributed by atoms with E-state index in [4.69, 9.17) is 14.7 Å². The van der Waals surface area contributed by atoms with Crippen molar-refractivity contribution in [1.82, 2.24) is 20.3 Å². The van der Waals surface area contributed by atoms with E-state index in [1.807, 2.05) is 6.07 Å². The van der Waals surface area contributed by atoms with Crippen molar-refractivity contribution < 1.29 is 24.7 Å². The quantitative estimate of drug-likeness (QED) is 0.277. The highest BCUT2D eigenvalue weighted by Crippen LogP contribution is 2.30. The van der Waals surface area contributed by atoms with E-state index in [9.17, 15) is 10.0 Å². The molecule has 0 aliphatic rings. The van der Waals surface area contributed by atoms with Gasteiger partial charge in [-0.1, -0.05) is 0 Å². The van der Waals surface area contributed by atoms with Gasteiger partial charge in [-0.3, -0.25) is 9.78 Å². The zero-order chi connectivity index (χ0) is 22.7. The van der Waals surface area contributed by atoms with Crippen molar-refractivity contribution in [3.05, 3.63) is 65.6 Å². The Morgan fingerprint density at radius 1 is 1.16 bits per heavy atom. The van der Waals surface area contributed by atoms with Gasteiger partial charge in [0.1, 0.15) is 22.9 Å². The molecule has 0 radical (unpaired) electrons. The molecule has 11 nitrogen and oxygen atoms in total. The van der Waals surface area contributed by atoms with Crippen molar-refractivity contribution in [2.75, 3.05) is 19.5 Å². The van der Waals surface area contributed by atoms with E-state index in [1.165, 1.54) is 32.5 Å². The number of carbonyl (C=O) groups is 1. The molecule has 0 aliphatic carbocycles. The summed E-state index contributed by atoms with van der Waals surface area (Å²) >= 11 is 0. The molecule has 1 atom stereocenters. The average molecular weight is 436 g/mol. The fraction of sp³-hybridized carbons (Fsp3) is 0.0952. The number of H-pyrrole nitrogens is 1.